The van der Waals surface area contributed by atoms with Crippen molar-refractivity contribution < 1.29 is 4.79 Å². The minimum absolute atomic E-state index is 0.0492. The van der Waals surface area contributed by atoms with Gasteiger partial charge in [0.2, 0.25) is 0 Å². The standard InChI is InChI=1S/C21H21N3O3/c25-19(23-12-6-1-2-7-13-23)15-10-11-17-18(14-15)22-21(27)24(20(17)26)16-8-4-3-5-9-16/h3-5,8-11,14H,1-2,6-7,12-13H2,(H,22,27). The van der Waals surface area contributed by atoms with Gasteiger partial charge in [0, 0.05) is 18.7 Å². The highest BCUT2D eigenvalue weighted by molar-refractivity contribution is 5.97. The van der Waals surface area contributed by atoms with E-state index in [1.165, 1.54) is 0 Å². The number of benzene rings is 2. The van der Waals surface area contributed by atoms with Crippen LogP contribution in [0.2, 0.25) is 0 Å². The molecule has 2 heterocycles. The molecule has 0 radical (unpaired) electrons. The molecule has 6 nitrogen and oxygen atoms in total. The van der Waals surface area contributed by atoms with Crippen LogP contribution in [0.4, 0.5) is 0 Å². The van der Waals surface area contributed by atoms with Crippen LogP contribution < -0.4 is 11.2 Å². The lowest BCUT2D eigenvalue weighted by atomic mass is 10.1. The average Bonchev–Trinajstić information content (AvgIpc) is 2.97. The van der Waals surface area contributed by atoms with Gasteiger partial charge in [-0.05, 0) is 43.2 Å². The van der Waals surface area contributed by atoms with Gasteiger partial charge in [-0.1, -0.05) is 31.0 Å². The van der Waals surface area contributed by atoms with Gasteiger partial charge < -0.3 is 9.88 Å². The second kappa shape index (κ2) is 7.23. The molecule has 138 valence electrons. The highest BCUT2D eigenvalue weighted by atomic mass is 16.2. The van der Waals surface area contributed by atoms with Crippen molar-refractivity contribution in [1.82, 2.24) is 14.5 Å². The van der Waals surface area contributed by atoms with E-state index in [4.69, 9.17) is 0 Å². The predicted molar refractivity (Wildman–Crippen MR) is 105 cm³/mol. The number of carbonyl (C=O) groups excluding carboxylic acids is 1. The van der Waals surface area contributed by atoms with Crippen LogP contribution >= 0.6 is 0 Å². The summed E-state index contributed by atoms with van der Waals surface area (Å²) in [6.07, 6.45) is 4.32. The molecule has 0 aliphatic carbocycles. The zero-order chi connectivity index (χ0) is 18.8. The second-order valence-electron chi connectivity index (χ2n) is 6.87. The van der Waals surface area contributed by atoms with Gasteiger partial charge in [-0.3, -0.25) is 9.59 Å². The van der Waals surface area contributed by atoms with E-state index in [0.29, 0.717) is 22.2 Å². The van der Waals surface area contributed by atoms with Crippen molar-refractivity contribution in [1.29, 1.82) is 0 Å². The molecule has 1 N–H and O–H groups in total. The Balaban J connectivity index is 1.77. The fourth-order valence-electron chi connectivity index (χ4n) is 3.62. The third-order valence-corrected chi connectivity index (χ3v) is 5.05. The van der Waals surface area contributed by atoms with Crippen LogP contribution in [0.3, 0.4) is 0 Å². The van der Waals surface area contributed by atoms with Crippen LogP contribution in [0, 0.1) is 0 Å². The van der Waals surface area contributed by atoms with Gasteiger partial charge in [-0.25, -0.2) is 9.36 Å². The maximum Gasteiger partial charge on any atom is 0.333 e. The first kappa shape index (κ1) is 17.3. The lowest BCUT2D eigenvalue weighted by molar-refractivity contribution is 0.0762. The molecule has 0 unspecified atom stereocenters. The first-order chi connectivity index (χ1) is 13.1. The van der Waals surface area contributed by atoms with E-state index in [1.807, 2.05) is 11.0 Å². The van der Waals surface area contributed by atoms with Crippen LogP contribution in [0.1, 0.15) is 36.0 Å². The number of carbonyl (C=O) groups is 1. The number of aromatic amines is 1. The number of aromatic nitrogens is 2. The van der Waals surface area contributed by atoms with E-state index in [2.05, 4.69) is 4.98 Å². The SMILES string of the molecule is O=C(c1ccc2c(=O)n(-c3ccccc3)c(=O)[nH]c2c1)N1CCCCCC1. The van der Waals surface area contributed by atoms with E-state index < -0.39 is 11.2 Å². The fraction of sp³-hybridized carbons (Fsp3) is 0.286. The molecular weight excluding hydrogens is 342 g/mol. The van der Waals surface area contributed by atoms with Gasteiger partial charge in [0.05, 0.1) is 16.6 Å². The number of hydrogen-bond donors (Lipinski definition) is 1. The maximum atomic E-state index is 12.8. The molecule has 3 aromatic rings. The first-order valence-corrected chi connectivity index (χ1v) is 9.29. The van der Waals surface area contributed by atoms with Crippen LogP contribution in [0.5, 0.6) is 0 Å². The number of H-pyrrole nitrogens is 1. The molecule has 1 saturated heterocycles. The Kier molecular flexibility index (Phi) is 4.62. The van der Waals surface area contributed by atoms with Crippen LogP contribution in [-0.2, 0) is 0 Å². The summed E-state index contributed by atoms with van der Waals surface area (Å²) in [5.74, 6) is -0.0492. The minimum Gasteiger partial charge on any atom is -0.339 e. The van der Waals surface area contributed by atoms with Gasteiger partial charge in [0.25, 0.3) is 11.5 Å². The number of likely N-dealkylation sites (tertiary alicyclic amines) is 1. The largest absolute Gasteiger partial charge is 0.339 e. The van der Waals surface area contributed by atoms with Crippen molar-refractivity contribution in [2.45, 2.75) is 25.7 Å². The molecule has 1 amide bonds. The molecule has 0 saturated carbocycles. The smallest absolute Gasteiger partial charge is 0.333 e. The molecule has 1 fully saturated rings. The second-order valence-corrected chi connectivity index (χ2v) is 6.87. The molecule has 0 atom stereocenters. The molecule has 0 bridgehead atoms. The average molecular weight is 363 g/mol. The van der Waals surface area contributed by atoms with E-state index in [-0.39, 0.29) is 5.91 Å². The molecule has 2 aromatic carbocycles. The van der Waals surface area contributed by atoms with Crippen molar-refractivity contribution in [3.63, 3.8) is 0 Å². The Morgan fingerprint density at radius 3 is 2.30 bits per heavy atom. The van der Waals surface area contributed by atoms with E-state index in [9.17, 15) is 14.4 Å². The van der Waals surface area contributed by atoms with Gasteiger partial charge >= 0.3 is 5.69 Å². The van der Waals surface area contributed by atoms with Crippen molar-refractivity contribution in [2.75, 3.05) is 13.1 Å². The first-order valence-electron chi connectivity index (χ1n) is 9.29. The summed E-state index contributed by atoms with van der Waals surface area (Å²) in [5, 5.41) is 0.380. The summed E-state index contributed by atoms with van der Waals surface area (Å²) in [4.78, 5) is 42.7. The molecule has 0 spiro atoms. The molecule has 1 aliphatic heterocycles. The summed E-state index contributed by atoms with van der Waals surface area (Å²) >= 11 is 0. The number of hydrogen-bond acceptors (Lipinski definition) is 3. The lowest BCUT2D eigenvalue weighted by Gasteiger charge is -2.20. The molecular formula is C21H21N3O3. The molecule has 1 aliphatic rings. The molecule has 1 aromatic heterocycles. The number of amides is 1. The number of nitrogens with zero attached hydrogens (tertiary/aromatic N) is 2. The van der Waals surface area contributed by atoms with Gasteiger partial charge in [0.15, 0.2) is 0 Å². The third kappa shape index (κ3) is 3.30. The van der Waals surface area contributed by atoms with Crippen molar-refractivity contribution >= 4 is 16.8 Å². The normalized spacial score (nSPS) is 14.9. The summed E-state index contributed by atoms with van der Waals surface area (Å²) in [6, 6.07) is 13.7. The topological polar surface area (TPSA) is 75.2 Å². The number of fused-ring (bicyclic) bond motifs is 1. The van der Waals surface area contributed by atoms with Crippen LogP contribution in [-0.4, -0.2) is 33.4 Å². The predicted octanol–water partition coefficient (Wildman–Crippen LogP) is 2.70. The summed E-state index contributed by atoms with van der Waals surface area (Å²) in [7, 11) is 0. The number of rotatable bonds is 2. The van der Waals surface area contributed by atoms with Crippen LogP contribution in [0.25, 0.3) is 16.6 Å². The van der Waals surface area contributed by atoms with Crippen LogP contribution in [0.15, 0.2) is 58.1 Å². The van der Waals surface area contributed by atoms with E-state index in [0.717, 1.165) is 43.3 Å². The Hall–Kier alpha value is -3.15. The Bertz CT molecular complexity index is 1090. The lowest BCUT2D eigenvalue weighted by Crippen LogP contribution is -2.34. The van der Waals surface area contributed by atoms with E-state index >= 15 is 0 Å². The zero-order valence-corrected chi connectivity index (χ0v) is 15.0. The van der Waals surface area contributed by atoms with E-state index in [1.54, 1.807) is 42.5 Å². The fourth-order valence-corrected chi connectivity index (χ4v) is 3.62. The molecule has 27 heavy (non-hydrogen) atoms. The molecule has 6 heteroatoms. The summed E-state index contributed by atoms with van der Waals surface area (Å²) in [6.45, 7) is 1.51. The van der Waals surface area contributed by atoms with Gasteiger partial charge in [0.1, 0.15) is 0 Å². The van der Waals surface area contributed by atoms with Gasteiger partial charge in [-0.15, -0.1) is 0 Å². The number of nitrogens with one attached hydrogen (secondary N) is 1. The summed E-state index contributed by atoms with van der Waals surface area (Å²) < 4.78 is 1.11. The van der Waals surface area contributed by atoms with Crippen molar-refractivity contribution in [3.8, 4) is 5.69 Å². The Morgan fingerprint density at radius 2 is 1.59 bits per heavy atom. The quantitative estimate of drug-likeness (QED) is 0.761. The Labute approximate surface area is 156 Å². The number of para-hydroxylation sites is 1. The highest BCUT2D eigenvalue weighted by Gasteiger charge is 2.18. The third-order valence-electron chi connectivity index (χ3n) is 5.05. The maximum absolute atomic E-state index is 12.8. The minimum atomic E-state index is -0.516. The Morgan fingerprint density at radius 1 is 0.889 bits per heavy atom. The molecule has 4 rings (SSSR count). The zero-order valence-electron chi connectivity index (χ0n) is 15.0. The summed E-state index contributed by atoms with van der Waals surface area (Å²) in [5.41, 5.74) is 0.483. The van der Waals surface area contributed by atoms with Crippen molar-refractivity contribution in [3.05, 3.63) is 74.9 Å². The van der Waals surface area contributed by atoms with Gasteiger partial charge in [-0.2, -0.15) is 0 Å². The van der Waals surface area contributed by atoms with Crippen molar-refractivity contribution in [2.24, 2.45) is 0 Å². The monoisotopic (exact) mass is 363 g/mol. The highest BCUT2D eigenvalue weighted by Crippen LogP contribution is 2.16.